The Bertz CT molecular complexity index is 700. The summed E-state index contributed by atoms with van der Waals surface area (Å²) < 4.78 is 13.7. The van der Waals surface area contributed by atoms with E-state index in [9.17, 15) is 14.0 Å². The van der Waals surface area contributed by atoms with Crippen LogP contribution in [0.25, 0.3) is 0 Å². The molecule has 0 fully saturated rings. The number of carbonyl (C=O) groups is 2. The number of hydrogen-bond donors (Lipinski definition) is 2. The molecule has 0 saturated heterocycles. The minimum atomic E-state index is -1.11. The molecule has 0 bridgehead atoms. The van der Waals surface area contributed by atoms with Gasteiger partial charge >= 0.3 is 5.97 Å². The van der Waals surface area contributed by atoms with Gasteiger partial charge in [0.2, 0.25) is 5.91 Å². The normalized spacial score (nSPS) is 10.5. The number of thiazole rings is 1. The summed E-state index contributed by atoms with van der Waals surface area (Å²) in [6.07, 6.45) is 0.552. The van der Waals surface area contributed by atoms with Crippen LogP contribution >= 0.6 is 11.3 Å². The maximum Gasteiger partial charge on any atom is 0.307 e. The Morgan fingerprint density at radius 1 is 1.36 bits per heavy atom. The van der Waals surface area contributed by atoms with Crippen molar-refractivity contribution < 1.29 is 19.1 Å². The first-order chi connectivity index (χ1) is 10.5. The average Bonchev–Trinajstić information content (AvgIpc) is 2.89. The van der Waals surface area contributed by atoms with Gasteiger partial charge in [-0.2, -0.15) is 0 Å². The van der Waals surface area contributed by atoms with Crippen molar-refractivity contribution in [1.29, 1.82) is 0 Å². The van der Waals surface area contributed by atoms with Gasteiger partial charge in [0.15, 0.2) is 0 Å². The van der Waals surface area contributed by atoms with Crippen molar-refractivity contribution in [2.24, 2.45) is 0 Å². The summed E-state index contributed by atoms with van der Waals surface area (Å²) in [4.78, 5) is 26.8. The highest BCUT2D eigenvalue weighted by molar-refractivity contribution is 7.09. The Balaban J connectivity index is 1.99. The molecule has 0 spiro atoms. The van der Waals surface area contributed by atoms with Crippen molar-refractivity contribution >= 4 is 28.9 Å². The topological polar surface area (TPSA) is 79.3 Å². The zero-order chi connectivity index (χ0) is 16.1. The number of aryl methyl sites for hydroxylation is 1. The first-order valence-electron chi connectivity index (χ1n) is 6.71. The number of halogens is 1. The summed E-state index contributed by atoms with van der Waals surface area (Å²) in [5.74, 6) is -2.05. The molecule has 2 rings (SSSR count). The van der Waals surface area contributed by atoms with Crippen molar-refractivity contribution in [3.63, 3.8) is 0 Å². The number of carboxylic acid groups (broad SMARTS) is 1. The van der Waals surface area contributed by atoms with Crippen molar-refractivity contribution in [1.82, 2.24) is 4.98 Å². The zero-order valence-corrected chi connectivity index (χ0v) is 12.7. The fraction of sp³-hybridized carbons (Fsp3) is 0.267. The first kappa shape index (κ1) is 16.1. The van der Waals surface area contributed by atoms with Gasteiger partial charge in [-0.1, -0.05) is 13.0 Å². The van der Waals surface area contributed by atoms with Crippen LogP contribution in [0.5, 0.6) is 0 Å². The van der Waals surface area contributed by atoms with E-state index in [-0.39, 0.29) is 17.9 Å². The van der Waals surface area contributed by atoms with Crippen LogP contribution in [0.15, 0.2) is 23.6 Å². The molecule has 0 saturated carbocycles. The van der Waals surface area contributed by atoms with Crippen LogP contribution in [0.1, 0.15) is 23.2 Å². The molecule has 2 N–H and O–H groups in total. The van der Waals surface area contributed by atoms with E-state index in [2.05, 4.69) is 10.3 Å². The molecule has 5 nitrogen and oxygen atoms in total. The van der Waals surface area contributed by atoms with E-state index >= 15 is 0 Å². The van der Waals surface area contributed by atoms with Gasteiger partial charge in [0, 0.05) is 11.1 Å². The summed E-state index contributed by atoms with van der Waals surface area (Å²) in [5.41, 5.74) is 1.06. The Labute approximate surface area is 130 Å². The summed E-state index contributed by atoms with van der Waals surface area (Å²) in [5, 5.41) is 14.0. The van der Waals surface area contributed by atoms with Gasteiger partial charge in [0.1, 0.15) is 5.82 Å². The standard InChI is InChI=1S/C15H15FN2O3S/c1-2-14-18-11(8-22-14)7-13(19)17-10-4-3-9(5-15(20)21)12(16)6-10/h3-4,6,8H,2,5,7H2,1H3,(H,17,19)(H,20,21). The fourth-order valence-corrected chi connectivity index (χ4v) is 2.64. The molecule has 0 aliphatic rings. The van der Waals surface area contributed by atoms with E-state index in [0.717, 1.165) is 17.5 Å². The van der Waals surface area contributed by atoms with Gasteiger partial charge in [-0.3, -0.25) is 9.59 Å². The van der Waals surface area contributed by atoms with Gasteiger partial charge in [-0.05, 0) is 24.1 Å². The number of hydrogen-bond acceptors (Lipinski definition) is 4. The van der Waals surface area contributed by atoms with Crippen LogP contribution < -0.4 is 5.32 Å². The second-order valence-electron chi connectivity index (χ2n) is 4.69. The molecule has 22 heavy (non-hydrogen) atoms. The molecule has 1 aromatic heterocycles. The first-order valence-corrected chi connectivity index (χ1v) is 7.59. The van der Waals surface area contributed by atoms with Crippen LogP contribution in [0.2, 0.25) is 0 Å². The summed E-state index contributed by atoms with van der Waals surface area (Å²) in [7, 11) is 0. The second-order valence-corrected chi connectivity index (χ2v) is 5.63. The summed E-state index contributed by atoms with van der Waals surface area (Å²) in [6.45, 7) is 1.99. The molecule has 0 radical (unpaired) electrons. The minimum absolute atomic E-state index is 0.0811. The van der Waals surface area contributed by atoms with Crippen molar-refractivity contribution in [3.8, 4) is 0 Å². The highest BCUT2D eigenvalue weighted by Crippen LogP contribution is 2.16. The van der Waals surface area contributed by atoms with Crippen molar-refractivity contribution in [2.45, 2.75) is 26.2 Å². The number of nitrogens with zero attached hydrogens (tertiary/aromatic N) is 1. The van der Waals surface area contributed by atoms with Crippen molar-refractivity contribution in [2.75, 3.05) is 5.32 Å². The third-order valence-corrected chi connectivity index (χ3v) is 3.96. The number of benzene rings is 1. The number of carbonyl (C=O) groups excluding carboxylic acids is 1. The third-order valence-electron chi connectivity index (χ3n) is 2.92. The number of carboxylic acids is 1. The van der Waals surface area contributed by atoms with E-state index in [4.69, 9.17) is 5.11 Å². The quantitative estimate of drug-likeness (QED) is 0.857. The molecule has 116 valence electrons. The van der Waals surface area contributed by atoms with E-state index in [1.807, 2.05) is 12.3 Å². The Morgan fingerprint density at radius 3 is 2.73 bits per heavy atom. The third kappa shape index (κ3) is 4.36. The molecule has 0 unspecified atom stereocenters. The molecule has 1 aromatic carbocycles. The number of amides is 1. The lowest BCUT2D eigenvalue weighted by molar-refractivity contribution is -0.136. The largest absolute Gasteiger partial charge is 0.481 e. The molecule has 7 heteroatoms. The molecule has 0 aliphatic heterocycles. The number of rotatable bonds is 6. The number of aliphatic carboxylic acids is 1. The Kier molecular flexibility index (Phi) is 5.21. The van der Waals surface area contributed by atoms with Crippen LogP contribution in [-0.2, 0) is 28.9 Å². The predicted octanol–water partition coefficient (Wildman–Crippen LogP) is 2.65. The molecule has 1 heterocycles. The van der Waals surface area contributed by atoms with Gasteiger partial charge in [0.25, 0.3) is 0 Å². The van der Waals surface area contributed by atoms with Gasteiger partial charge < -0.3 is 10.4 Å². The number of anilines is 1. The van der Waals surface area contributed by atoms with E-state index in [0.29, 0.717) is 11.4 Å². The van der Waals surface area contributed by atoms with E-state index in [1.165, 1.54) is 23.5 Å². The maximum atomic E-state index is 13.7. The van der Waals surface area contributed by atoms with Gasteiger partial charge in [-0.15, -0.1) is 11.3 Å². The van der Waals surface area contributed by atoms with E-state index in [1.54, 1.807) is 0 Å². The fourth-order valence-electron chi connectivity index (χ4n) is 1.89. The highest BCUT2D eigenvalue weighted by Gasteiger charge is 2.11. The molecular weight excluding hydrogens is 307 g/mol. The lowest BCUT2D eigenvalue weighted by atomic mass is 10.1. The molecular formula is C15H15FN2O3S. The maximum absolute atomic E-state index is 13.7. The monoisotopic (exact) mass is 322 g/mol. The summed E-state index contributed by atoms with van der Waals surface area (Å²) >= 11 is 1.50. The lowest BCUT2D eigenvalue weighted by Crippen LogP contribution is -2.15. The Morgan fingerprint density at radius 2 is 2.14 bits per heavy atom. The Hall–Kier alpha value is -2.28. The van der Waals surface area contributed by atoms with Crippen LogP contribution in [-0.4, -0.2) is 22.0 Å². The molecule has 2 aromatic rings. The number of aromatic nitrogens is 1. The molecule has 1 amide bonds. The summed E-state index contributed by atoms with van der Waals surface area (Å²) in [6, 6.07) is 3.96. The smallest absolute Gasteiger partial charge is 0.307 e. The molecule has 0 atom stereocenters. The van der Waals surface area contributed by atoms with Crippen LogP contribution in [0, 0.1) is 5.82 Å². The number of nitrogens with one attached hydrogen (secondary N) is 1. The van der Waals surface area contributed by atoms with Crippen molar-refractivity contribution in [3.05, 3.63) is 45.7 Å². The second kappa shape index (κ2) is 7.13. The van der Waals surface area contributed by atoms with Gasteiger partial charge in [0.05, 0.1) is 23.5 Å². The van der Waals surface area contributed by atoms with Crippen LogP contribution in [0.3, 0.4) is 0 Å². The average molecular weight is 322 g/mol. The zero-order valence-electron chi connectivity index (χ0n) is 11.9. The SMILES string of the molecule is CCc1nc(CC(=O)Nc2ccc(CC(=O)O)c(F)c2)cs1. The lowest BCUT2D eigenvalue weighted by Gasteiger charge is -2.06. The molecule has 0 aliphatic carbocycles. The highest BCUT2D eigenvalue weighted by atomic mass is 32.1. The minimum Gasteiger partial charge on any atom is -0.481 e. The van der Waals surface area contributed by atoms with E-state index < -0.39 is 18.2 Å². The van der Waals surface area contributed by atoms with Crippen LogP contribution in [0.4, 0.5) is 10.1 Å². The van der Waals surface area contributed by atoms with Gasteiger partial charge in [-0.25, -0.2) is 9.37 Å². The predicted molar refractivity (Wildman–Crippen MR) is 81.6 cm³/mol.